The molecule has 47 heavy (non-hydrogen) atoms. The van der Waals surface area contributed by atoms with Crippen LogP contribution in [0.25, 0.3) is 55.8 Å². The summed E-state index contributed by atoms with van der Waals surface area (Å²) < 4.78 is 0. The van der Waals surface area contributed by atoms with Gasteiger partial charge in [0, 0.05) is 28.1 Å². The molecule has 8 aromatic rings. The summed E-state index contributed by atoms with van der Waals surface area (Å²) in [4.78, 5) is 12.5. The van der Waals surface area contributed by atoms with Gasteiger partial charge in [0.05, 0.1) is 28.1 Å². The van der Waals surface area contributed by atoms with Crippen LogP contribution in [0, 0.1) is 0 Å². The highest BCUT2D eigenvalue weighted by Gasteiger charge is 2.19. The Morgan fingerprint density at radius 3 is 1.23 bits per heavy atom. The van der Waals surface area contributed by atoms with E-state index in [1.807, 2.05) is 42.5 Å². The highest BCUT2D eigenvalue weighted by atomic mass is 15.1. The van der Waals surface area contributed by atoms with Crippen molar-refractivity contribution >= 4 is 28.1 Å². The molecule has 0 aliphatic carbocycles. The van der Waals surface area contributed by atoms with Crippen LogP contribution in [0.4, 0.5) is 17.1 Å². The van der Waals surface area contributed by atoms with Gasteiger partial charge in [-0.05, 0) is 59.2 Å². The Hall–Kier alpha value is -6.32. The summed E-state index contributed by atoms with van der Waals surface area (Å²) in [5.74, 6) is 0. The molecule has 7 aromatic carbocycles. The Morgan fingerprint density at radius 2 is 0.681 bits per heavy atom. The summed E-state index contributed by atoms with van der Waals surface area (Å²) >= 11 is 0. The highest BCUT2D eigenvalue weighted by molar-refractivity contribution is 5.90. The monoisotopic (exact) mass is 601 g/mol. The minimum Gasteiger partial charge on any atom is -0.310 e. The molecule has 222 valence electrons. The van der Waals surface area contributed by atoms with E-state index in [1.165, 1.54) is 16.7 Å². The van der Waals surface area contributed by atoms with Crippen LogP contribution in [0.5, 0.6) is 0 Å². The lowest BCUT2D eigenvalue weighted by atomic mass is 10.00. The number of hydrogen-bond donors (Lipinski definition) is 0. The molecule has 0 unspecified atom stereocenters. The first-order valence-electron chi connectivity index (χ1n) is 15.8. The molecule has 0 aliphatic heterocycles. The lowest BCUT2D eigenvalue weighted by Crippen LogP contribution is -2.11. The van der Waals surface area contributed by atoms with Gasteiger partial charge in [0.1, 0.15) is 0 Å². The first-order chi connectivity index (χ1) is 23.3. The number of anilines is 3. The third-order valence-corrected chi connectivity index (χ3v) is 8.48. The molecule has 0 atom stereocenters. The molecule has 0 aliphatic rings. The Morgan fingerprint density at radius 1 is 0.298 bits per heavy atom. The highest BCUT2D eigenvalue weighted by Crippen LogP contribution is 2.42. The van der Waals surface area contributed by atoms with E-state index in [0.717, 1.165) is 56.2 Å². The molecular weight excluding hydrogens is 571 g/mol. The molecule has 0 spiro atoms. The molecular formula is C44H31N3. The number of hydrogen-bond acceptors (Lipinski definition) is 3. The van der Waals surface area contributed by atoms with Gasteiger partial charge >= 0.3 is 0 Å². The Kier molecular flexibility index (Phi) is 7.54. The van der Waals surface area contributed by atoms with E-state index in [4.69, 9.17) is 9.97 Å². The number of fused-ring (bicyclic) bond motifs is 1. The van der Waals surface area contributed by atoms with E-state index in [0.29, 0.717) is 0 Å². The maximum atomic E-state index is 5.13. The first-order valence-corrected chi connectivity index (χ1v) is 15.8. The summed E-state index contributed by atoms with van der Waals surface area (Å²) in [6, 6.07) is 65.6. The van der Waals surface area contributed by atoms with Crippen molar-refractivity contribution in [1.82, 2.24) is 9.97 Å². The van der Waals surface area contributed by atoms with Crippen molar-refractivity contribution in [2.75, 3.05) is 4.90 Å². The van der Waals surface area contributed by atoms with Gasteiger partial charge in [-0.2, -0.15) is 0 Å². The summed E-state index contributed by atoms with van der Waals surface area (Å²) in [5.41, 5.74) is 13.5. The molecule has 8 rings (SSSR count). The van der Waals surface area contributed by atoms with Crippen LogP contribution in [-0.2, 0) is 0 Å². The molecule has 0 radical (unpaired) electrons. The molecule has 0 fully saturated rings. The van der Waals surface area contributed by atoms with Crippen molar-refractivity contribution < 1.29 is 0 Å². The maximum Gasteiger partial charge on any atom is 0.0973 e. The SMILES string of the molecule is c1ccc(-c2ccc(N(c3ccc(-c4nc5ccccc5nc4-c4ccccc4)cc3)c3ccccc3-c3ccccc3)cc2)cc1. The molecule has 3 nitrogen and oxygen atoms in total. The Labute approximate surface area is 275 Å². The van der Waals surface area contributed by atoms with E-state index in [1.54, 1.807) is 0 Å². The van der Waals surface area contributed by atoms with Crippen LogP contribution in [0.15, 0.2) is 188 Å². The standard InChI is InChI=1S/C44H31N3/c1-4-14-32(15-5-1)33-24-28-37(29-25-33)47(42-23-13-10-20-39(42)34-16-6-2-7-17-34)38-30-26-36(27-31-38)44-43(35-18-8-3-9-19-35)45-40-21-11-12-22-41(40)46-44/h1-31H. The predicted molar refractivity (Wildman–Crippen MR) is 196 cm³/mol. The number of nitrogens with zero attached hydrogens (tertiary/aromatic N) is 3. The van der Waals surface area contributed by atoms with Gasteiger partial charge in [-0.1, -0.05) is 146 Å². The van der Waals surface area contributed by atoms with Crippen LogP contribution in [0.2, 0.25) is 0 Å². The number of rotatable bonds is 7. The number of para-hydroxylation sites is 3. The molecule has 3 heteroatoms. The van der Waals surface area contributed by atoms with E-state index in [9.17, 15) is 0 Å². The second-order valence-electron chi connectivity index (χ2n) is 11.5. The fourth-order valence-electron chi connectivity index (χ4n) is 6.16. The molecule has 1 aromatic heterocycles. The lowest BCUT2D eigenvalue weighted by molar-refractivity contribution is 1.27. The zero-order valence-corrected chi connectivity index (χ0v) is 25.7. The third-order valence-electron chi connectivity index (χ3n) is 8.48. The van der Waals surface area contributed by atoms with Gasteiger partial charge < -0.3 is 4.90 Å². The van der Waals surface area contributed by atoms with Crippen molar-refractivity contribution in [2.45, 2.75) is 0 Å². The lowest BCUT2D eigenvalue weighted by Gasteiger charge is -2.28. The topological polar surface area (TPSA) is 29.0 Å². The fraction of sp³-hybridized carbons (Fsp3) is 0. The number of aromatic nitrogens is 2. The average molecular weight is 602 g/mol. The zero-order chi connectivity index (χ0) is 31.4. The van der Waals surface area contributed by atoms with Crippen LogP contribution in [-0.4, -0.2) is 9.97 Å². The van der Waals surface area contributed by atoms with E-state index in [-0.39, 0.29) is 0 Å². The maximum absolute atomic E-state index is 5.13. The normalized spacial score (nSPS) is 11.0. The summed E-state index contributed by atoms with van der Waals surface area (Å²) in [5, 5.41) is 0. The van der Waals surface area contributed by atoms with Gasteiger partial charge in [0.15, 0.2) is 0 Å². The van der Waals surface area contributed by atoms with Crippen molar-refractivity contribution in [2.24, 2.45) is 0 Å². The quantitative estimate of drug-likeness (QED) is 0.182. The van der Waals surface area contributed by atoms with Crippen LogP contribution < -0.4 is 4.90 Å². The Balaban J connectivity index is 1.26. The molecule has 0 N–H and O–H groups in total. The molecule has 0 amide bonds. The van der Waals surface area contributed by atoms with Crippen molar-refractivity contribution in [3.05, 3.63) is 188 Å². The van der Waals surface area contributed by atoms with Crippen molar-refractivity contribution in [1.29, 1.82) is 0 Å². The second kappa shape index (κ2) is 12.6. The van der Waals surface area contributed by atoms with Crippen molar-refractivity contribution in [3.63, 3.8) is 0 Å². The van der Waals surface area contributed by atoms with Gasteiger partial charge in [0.2, 0.25) is 0 Å². The average Bonchev–Trinajstić information content (AvgIpc) is 3.16. The fourth-order valence-corrected chi connectivity index (χ4v) is 6.16. The number of benzene rings is 7. The first kappa shape index (κ1) is 28.2. The van der Waals surface area contributed by atoms with Gasteiger partial charge in [-0.15, -0.1) is 0 Å². The minimum absolute atomic E-state index is 0.866. The summed E-state index contributed by atoms with van der Waals surface area (Å²) in [6.07, 6.45) is 0. The molecule has 0 saturated heterocycles. The van der Waals surface area contributed by atoms with Crippen molar-refractivity contribution in [3.8, 4) is 44.8 Å². The van der Waals surface area contributed by atoms with Gasteiger partial charge in [-0.3, -0.25) is 0 Å². The smallest absolute Gasteiger partial charge is 0.0973 e. The van der Waals surface area contributed by atoms with Crippen LogP contribution >= 0.6 is 0 Å². The third kappa shape index (κ3) is 5.67. The second-order valence-corrected chi connectivity index (χ2v) is 11.5. The minimum atomic E-state index is 0.866. The summed E-state index contributed by atoms with van der Waals surface area (Å²) in [7, 11) is 0. The summed E-state index contributed by atoms with van der Waals surface area (Å²) in [6.45, 7) is 0. The molecule has 0 bridgehead atoms. The van der Waals surface area contributed by atoms with Gasteiger partial charge in [-0.25, -0.2) is 9.97 Å². The van der Waals surface area contributed by atoms with E-state index in [2.05, 4.69) is 150 Å². The molecule has 0 saturated carbocycles. The zero-order valence-electron chi connectivity index (χ0n) is 25.7. The molecule has 1 heterocycles. The predicted octanol–water partition coefficient (Wildman–Crippen LogP) is 11.8. The largest absolute Gasteiger partial charge is 0.310 e. The van der Waals surface area contributed by atoms with E-state index < -0.39 is 0 Å². The van der Waals surface area contributed by atoms with E-state index >= 15 is 0 Å². The van der Waals surface area contributed by atoms with Gasteiger partial charge in [0.25, 0.3) is 0 Å². The van der Waals surface area contributed by atoms with Crippen LogP contribution in [0.1, 0.15) is 0 Å². The Bertz CT molecular complexity index is 2260. The van der Waals surface area contributed by atoms with Crippen LogP contribution in [0.3, 0.4) is 0 Å².